The lowest BCUT2D eigenvalue weighted by atomic mass is 10.2. The summed E-state index contributed by atoms with van der Waals surface area (Å²) in [6.07, 6.45) is 1.45. The van der Waals surface area contributed by atoms with Crippen LogP contribution in [0.25, 0.3) is 0 Å². The van der Waals surface area contributed by atoms with E-state index in [1.165, 1.54) is 13.2 Å². The van der Waals surface area contributed by atoms with Crippen molar-refractivity contribution in [3.05, 3.63) is 33.8 Å². The number of nitrogens with zero attached hydrogens (tertiary/aromatic N) is 1. The first-order chi connectivity index (χ1) is 8.91. The quantitative estimate of drug-likeness (QED) is 0.821. The van der Waals surface area contributed by atoms with Gasteiger partial charge in [-0.2, -0.15) is 0 Å². The number of halogens is 1. The Balaban J connectivity index is 2.15. The van der Waals surface area contributed by atoms with Gasteiger partial charge in [-0.15, -0.1) is 0 Å². The smallest absolute Gasteiger partial charge is 0.257 e. The van der Waals surface area contributed by atoms with Crippen LogP contribution in [0.2, 0.25) is 0 Å². The van der Waals surface area contributed by atoms with E-state index in [0.29, 0.717) is 4.60 Å². The van der Waals surface area contributed by atoms with Crippen molar-refractivity contribution in [2.24, 2.45) is 0 Å². The lowest BCUT2D eigenvalue weighted by Gasteiger charge is -2.12. The van der Waals surface area contributed by atoms with E-state index in [1.54, 1.807) is 12.1 Å². The molecule has 1 aliphatic heterocycles. The van der Waals surface area contributed by atoms with Gasteiger partial charge >= 0.3 is 0 Å². The van der Waals surface area contributed by atoms with Crippen LogP contribution in [0.3, 0.4) is 0 Å². The average Bonchev–Trinajstić information content (AvgIpc) is 2.68. The maximum Gasteiger partial charge on any atom is 0.257 e. The van der Waals surface area contributed by atoms with Crippen LogP contribution in [0.1, 0.15) is 10.4 Å². The Bertz CT molecular complexity index is 642. The summed E-state index contributed by atoms with van der Waals surface area (Å²) in [4.78, 5) is 16.0. The minimum absolute atomic E-state index is 0.120. The summed E-state index contributed by atoms with van der Waals surface area (Å²) in [5.74, 6) is -0.370. The topological polar surface area (TPSA) is 85.4 Å². The Kier molecular flexibility index (Phi) is 3.91. The van der Waals surface area contributed by atoms with Crippen LogP contribution in [0.4, 0.5) is 0 Å². The van der Waals surface area contributed by atoms with Gasteiger partial charge in [0.15, 0.2) is 9.84 Å². The molecule has 8 heteroatoms. The summed E-state index contributed by atoms with van der Waals surface area (Å²) in [6.45, 7) is 0. The molecule has 1 aliphatic rings. The molecule has 1 atom stereocenters. The van der Waals surface area contributed by atoms with E-state index in [9.17, 15) is 13.2 Å². The van der Waals surface area contributed by atoms with E-state index in [-0.39, 0.29) is 17.2 Å². The zero-order valence-electron chi connectivity index (χ0n) is 9.96. The number of pyridine rings is 1. The van der Waals surface area contributed by atoms with E-state index in [2.05, 4.69) is 26.2 Å². The molecule has 102 valence electrons. The summed E-state index contributed by atoms with van der Waals surface area (Å²) < 4.78 is 28.1. The molecule has 0 unspecified atom stereocenters. The van der Waals surface area contributed by atoms with Crippen molar-refractivity contribution in [2.45, 2.75) is 6.04 Å². The van der Waals surface area contributed by atoms with E-state index in [1.807, 2.05) is 0 Å². The summed E-state index contributed by atoms with van der Waals surface area (Å²) >= 11 is 3.18. The van der Waals surface area contributed by atoms with Crippen LogP contribution in [-0.4, -0.2) is 38.2 Å². The highest BCUT2D eigenvalue weighted by molar-refractivity contribution is 9.10. The van der Waals surface area contributed by atoms with Crippen LogP contribution in [0.15, 0.2) is 28.2 Å². The van der Waals surface area contributed by atoms with Crippen molar-refractivity contribution in [1.82, 2.24) is 10.3 Å². The Morgan fingerprint density at radius 1 is 1.53 bits per heavy atom. The van der Waals surface area contributed by atoms with Gasteiger partial charge in [-0.05, 0) is 34.1 Å². The van der Waals surface area contributed by atoms with Gasteiger partial charge < -0.3 is 10.1 Å². The SMILES string of the molecule is COc1nc(Br)ccc1C(=O)N[C@@H]1C=CS(=O)(=O)C1. The van der Waals surface area contributed by atoms with E-state index < -0.39 is 21.8 Å². The molecule has 0 aromatic carbocycles. The first-order valence-corrected chi connectivity index (χ1v) is 7.84. The monoisotopic (exact) mass is 346 g/mol. The predicted molar refractivity (Wildman–Crippen MR) is 72.7 cm³/mol. The third-order valence-corrected chi connectivity index (χ3v) is 4.35. The highest BCUT2D eigenvalue weighted by Crippen LogP contribution is 2.19. The predicted octanol–water partition coefficient (Wildman–Crippen LogP) is 0.893. The molecule has 1 amide bonds. The molecule has 6 nitrogen and oxygen atoms in total. The molecule has 1 aromatic heterocycles. The van der Waals surface area contributed by atoms with Crippen LogP contribution >= 0.6 is 15.9 Å². The molecule has 1 aromatic rings. The molecule has 0 bridgehead atoms. The van der Waals surface area contributed by atoms with Gasteiger partial charge in [-0.1, -0.05) is 0 Å². The van der Waals surface area contributed by atoms with Gasteiger partial charge in [0.25, 0.3) is 5.91 Å². The second-order valence-corrected chi connectivity index (χ2v) is 6.67. The van der Waals surface area contributed by atoms with Crippen molar-refractivity contribution < 1.29 is 17.9 Å². The summed E-state index contributed by atoms with van der Waals surface area (Å²) in [6, 6.07) is 2.64. The summed E-state index contributed by atoms with van der Waals surface area (Å²) in [5, 5.41) is 3.71. The molecule has 0 radical (unpaired) electrons. The van der Waals surface area contributed by atoms with Crippen molar-refractivity contribution >= 4 is 31.7 Å². The number of aromatic nitrogens is 1. The summed E-state index contributed by atoms with van der Waals surface area (Å²) in [7, 11) is -1.79. The minimum Gasteiger partial charge on any atom is -0.480 e. The molecule has 0 saturated carbocycles. The standard InChI is InChI=1S/C11H11BrN2O4S/c1-18-11-8(2-3-9(12)14-11)10(15)13-7-4-5-19(16,17)6-7/h2-5,7H,6H2,1H3,(H,13,15)/t7-/m1/s1. The number of amides is 1. The van der Waals surface area contributed by atoms with E-state index in [0.717, 1.165) is 5.41 Å². The average molecular weight is 347 g/mol. The molecule has 0 spiro atoms. The number of sulfone groups is 1. The zero-order valence-corrected chi connectivity index (χ0v) is 12.4. The fourth-order valence-corrected chi connectivity index (χ4v) is 3.19. The third kappa shape index (κ3) is 3.32. The van der Waals surface area contributed by atoms with Gasteiger partial charge in [0.2, 0.25) is 5.88 Å². The highest BCUT2D eigenvalue weighted by Gasteiger charge is 2.24. The summed E-state index contributed by atoms with van der Waals surface area (Å²) in [5.41, 5.74) is 0.253. The van der Waals surface area contributed by atoms with Gasteiger partial charge in [0, 0.05) is 5.41 Å². The molecule has 2 heterocycles. The second-order valence-electron chi connectivity index (χ2n) is 3.93. The number of methoxy groups -OCH3 is 1. The second kappa shape index (κ2) is 5.30. The Labute approximate surface area is 118 Å². The number of rotatable bonds is 3. The fourth-order valence-electron chi connectivity index (χ4n) is 1.66. The van der Waals surface area contributed by atoms with Crippen LogP contribution in [-0.2, 0) is 9.84 Å². The van der Waals surface area contributed by atoms with Crippen LogP contribution in [0, 0.1) is 0 Å². The normalized spacial score (nSPS) is 20.2. The Morgan fingerprint density at radius 2 is 2.26 bits per heavy atom. The molecule has 1 N–H and O–H groups in total. The van der Waals surface area contributed by atoms with Crippen molar-refractivity contribution in [1.29, 1.82) is 0 Å². The lowest BCUT2D eigenvalue weighted by Crippen LogP contribution is -2.35. The molecule has 0 fully saturated rings. The van der Waals surface area contributed by atoms with Crippen LogP contribution < -0.4 is 10.1 Å². The molecule has 19 heavy (non-hydrogen) atoms. The first kappa shape index (κ1) is 14.0. The molecule has 0 saturated heterocycles. The number of nitrogens with one attached hydrogen (secondary N) is 1. The molecule has 0 aliphatic carbocycles. The van der Waals surface area contributed by atoms with Crippen molar-refractivity contribution in [2.75, 3.05) is 12.9 Å². The van der Waals surface area contributed by atoms with Gasteiger partial charge in [0.1, 0.15) is 10.2 Å². The van der Waals surface area contributed by atoms with Gasteiger partial charge in [-0.25, -0.2) is 13.4 Å². The van der Waals surface area contributed by atoms with Crippen LogP contribution in [0.5, 0.6) is 5.88 Å². The van der Waals surface area contributed by atoms with Crippen molar-refractivity contribution in [3.63, 3.8) is 0 Å². The zero-order chi connectivity index (χ0) is 14.0. The number of ether oxygens (including phenoxy) is 1. The largest absolute Gasteiger partial charge is 0.480 e. The van der Waals surface area contributed by atoms with Gasteiger partial charge in [0.05, 0.1) is 18.9 Å². The molecular formula is C11H11BrN2O4S. The number of hydrogen-bond donors (Lipinski definition) is 1. The first-order valence-electron chi connectivity index (χ1n) is 5.33. The van der Waals surface area contributed by atoms with Gasteiger partial charge in [-0.3, -0.25) is 4.79 Å². The fraction of sp³-hybridized carbons (Fsp3) is 0.273. The number of hydrogen-bond acceptors (Lipinski definition) is 5. The van der Waals surface area contributed by atoms with E-state index in [4.69, 9.17) is 4.74 Å². The van der Waals surface area contributed by atoms with Crippen molar-refractivity contribution in [3.8, 4) is 5.88 Å². The number of carbonyl (C=O) groups is 1. The third-order valence-electron chi connectivity index (χ3n) is 2.51. The number of carbonyl (C=O) groups excluding carboxylic acids is 1. The maximum absolute atomic E-state index is 12.0. The maximum atomic E-state index is 12.0. The minimum atomic E-state index is -3.20. The van der Waals surface area contributed by atoms with E-state index >= 15 is 0 Å². The molecule has 2 rings (SSSR count). The lowest BCUT2D eigenvalue weighted by molar-refractivity contribution is 0.0944. The Morgan fingerprint density at radius 3 is 2.84 bits per heavy atom. The highest BCUT2D eigenvalue weighted by atomic mass is 79.9. The molecular weight excluding hydrogens is 336 g/mol. The Hall–Kier alpha value is -1.41.